The molecule has 1 aliphatic rings. The van der Waals surface area contributed by atoms with Crippen molar-refractivity contribution in [2.45, 2.75) is 39.7 Å². The summed E-state index contributed by atoms with van der Waals surface area (Å²) in [4.78, 5) is 35.6. The lowest BCUT2D eigenvalue weighted by atomic mass is 10.1. The highest BCUT2D eigenvalue weighted by atomic mass is 16.6. The number of nitro benzene ring substituents is 1. The molecule has 2 aromatic rings. The Morgan fingerprint density at radius 1 is 1.18 bits per heavy atom. The minimum Gasteiger partial charge on any atom is -0.485 e. The molecule has 1 fully saturated rings. The van der Waals surface area contributed by atoms with Gasteiger partial charge in [-0.25, -0.2) is 4.79 Å². The molecule has 0 spiro atoms. The van der Waals surface area contributed by atoms with Crippen molar-refractivity contribution in [3.05, 3.63) is 56.4 Å². The van der Waals surface area contributed by atoms with E-state index in [1.807, 2.05) is 18.4 Å². The van der Waals surface area contributed by atoms with E-state index in [1.165, 1.54) is 25.3 Å². The van der Waals surface area contributed by atoms with Gasteiger partial charge >= 0.3 is 5.97 Å². The van der Waals surface area contributed by atoms with Gasteiger partial charge in [0, 0.05) is 29.1 Å². The highest BCUT2D eigenvalue weighted by Gasteiger charge is 2.34. The zero-order chi connectivity index (χ0) is 20.6. The van der Waals surface area contributed by atoms with Gasteiger partial charge in [-0.2, -0.15) is 0 Å². The molecule has 0 N–H and O–H groups in total. The van der Waals surface area contributed by atoms with Crippen LogP contribution in [0.5, 0.6) is 5.75 Å². The Labute approximate surface area is 162 Å². The predicted molar refractivity (Wildman–Crippen MR) is 101 cm³/mol. The molecule has 1 heterocycles. The van der Waals surface area contributed by atoms with Gasteiger partial charge in [-0.05, 0) is 45.7 Å². The van der Waals surface area contributed by atoms with E-state index < -0.39 is 10.9 Å². The highest BCUT2D eigenvalue weighted by Crippen LogP contribution is 2.40. The van der Waals surface area contributed by atoms with Crippen molar-refractivity contribution in [3.8, 4) is 5.75 Å². The number of rotatable bonds is 7. The smallest absolute Gasteiger partial charge is 0.340 e. The Morgan fingerprint density at radius 3 is 2.36 bits per heavy atom. The third-order valence-electron chi connectivity index (χ3n) is 5.01. The van der Waals surface area contributed by atoms with Crippen molar-refractivity contribution in [1.82, 2.24) is 4.57 Å². The minimum absolute atomic E-state index is 0.0142. The average molecular weight is 386 g/mol. The van der Waals surface area contributed by atoms with Crippen molar-refractivity contribution in [2.75, 3.05) is 13.7 Å². The van der Waals surface area contributed by atoms with E-state index in [9.17, 15) is 19.7 Å². The summed E-state index contributed by atoms with van der Waals surface area (Å²) in [5.41, 5.74) is 2.47. The lowest BCUT2D eigenvalue weighted by molar-refractivity contribution is -0.385. The molecule has 0 bridgehead atoms. The SMILES string of the molecule is COC(=O)c1c(C(=O)COc2ccc([N+](=O)[O-])c(C)c2)c(C)n(C2CC2)c1C. The number of nitrogens with zero attached hydrogens (tertiary/aromatic N) is 2. The molecule has 3 rings (SSSR count). The molecule has 0 atom stereocenters. The van der Waals surface area contributed by atoms with E-state index >= 15 is 0 Å². The summed E-state index contributed by atoms with van der Waals surface area (Å²) >= 11 is 0. The Bertz CT molecular complexity index is 972. The molecule has 8 heteroatoms. The number of esters is 1. The second kappa shape index (κ2) is 7.46. The Kier molecular flexibility index (Phi) is 5.22. The van der Waals surface area contributed by atoms with Crippen LogP contribution in [-0.4, -0.2) is 35.0 Å². The largest absolute Gasteiger partial charge is 0.485 e. The minimum atomic E-state index is -0.547. The van der Waals surface area contributed by atoms with Gasteiger partial charge in [-0.1, -0.05) is 0 Å². The van der Waals surface area contributed by atoms with Gasteiger partial charge in [0.15, 0.2) is 6.61 Å². The lowest BCUT2D eigenvalue weighted by Gasteiger charge is -2.09. The maximum Gasteiger partial charge on any atom is 0.340 e. The van der Waals surface area contributed by atoms with Gasteiger partial charge in [0.2, 0.25) is 5.78 Å². The van der Waals surface area contributed by atoms with Crippen LogP contribution in [0.25, 0.3) is 0 Å². The summed E-state index contributed by atoms with van der Waals surface area (Å²) < 4.78 is 12.5. The first kappa shape index (κ1) is 19.6. The fraction of sp³-hybridized carbons (Fsp3) is 0.400. The van der Waals surface area contributed by atoms with Gasteiger partial charge in [0.25, 0.3) is 5.69 Å². The number of methoxy groups -OCH3 is 1. The first-order chi connectivity index (χ1) is 13.3. The third kappa shape index (κ3) is 3.49. The Balaban J connectivity index is 1.86. The van der Waals surface area contributed by atoms with Gasteiger partial charge < -0.3 is 14.0 Å². The van der Waals surface area contributed by atoms with Crippen LogP contribution in [0, 0.1) is 30.9 Å². The number of benzene rings is 1. The summed E-state index contributed by atoms with van der Waals surface area (Å²) in [5, 5.41) is 10.9. The van der Waals surface area contributed by atoms with Crippen molar-refractivity contribution >= 4 is 17.4 Å². The first-order valence-electron chi connectivity index (χ1n) is 8.97. The molecule has 0 unspecified atom stereocenters. The summed E-state index contributed by atoms with van der Waals surface area (Å²) in [6, 6.07) is 4.62. The number of nitro groups is 1. The zero-order valence-corrected chi connectivity index (χ0v) is 16.3. The maximum atomic E-state index is 12.9. The number of carbonyl (C=O) groups excluding carboxylic acids is 2. The number of ketones is 1. The van der Waals surface area contributed by atoms with E-state index in [-0.39, 0.29) is 23.6 Å². The third-order valence-corrected chi connectivity index (χ3v) is 5.01. The van der Waals surface area contributed by atoms with Crippen LogP contribution >= 0.6 is 0 Å². The number of aromatic nitrogens is 1. The maximum absolute atomic E-state index is 12.9. The zero-order valence-electron chi connectivity index (χ0n) is 16.3. The monoisotopic (exact) mass is 386 g/mol. The molecule has 8 nitrogen and oxygen atoms in total. The van der Waals surface area contributed by atoms with Gasteiger partial charge in [0.1, 0.15) is 5.75 Å². The first-order valence-corrected chi connectivity index (χ1v) is 8.97. The van der Waals surface area contributed by atoms with Crippen LogP contribution in [-0.2, 0) is 4.74 Å². The molecular weight excluding hydrogens is 364 g/mol. The van der Waals surface area contributed by atoms with Crippen molar-refractivity contribution in [2.24, 2.45) is 0 Å². The second-order valence-electron chi connectivity index (χ2n) is 6.93. The van der Waals surface area contributed by atoms with Crippen LogP contribution in [0.4, 0.5) is 5.69 Å². The van der Waals surface area contributed by atoms with Crippen LogP contribution in [0.2, 0.25) is 0 Å². The summed E-state index contributed by atoms with van der Waals surface area (Å²) in [6.45, 7) is 4.96. The van der Waals surface area contributed by atoms with Crippen LogP contribution < -0.4 is 4.74 Å². The summed E-state index contributed by atoms with van der Waals surface area (Å²) in [6.07, 6.45) is 2.03. The number of hydrogen-bond donors (Lipinski definition) is 0. The molecule has 0 aliphatic heterocycles. The van der Waals surface area contributed by atoms with E-state index in [4.69, 9.17) is 9.47 Å². The lowest BCUT2D eigenvalue weighted by Crippen LogP contribution is -2.16. The molecule has 1 aromatic carbocycles. The second-order valence-corrected chi connectivity index (χ2v) is 6.93. The molecule has 0 radical (unpaired) electrons. The van der Waals surface area contributed by atoms with E-state index in [0.717, 1.165) is 24.2 Å². The van der Waals surface area contributed by atoms with Crippen LogP contribution in [0.1, 0.15) is 56.6 Å². The van der Waals surface area contributed by atoms with Gasteiger partial charge in [-0.15, -0.1) is 0 Å². The molecule has 28 heavy (non-hydrogen) atoms. The standard InChI is InChI=1S/C20H22N2O6/c1-11-9-15(7-8-16(11)22(25)26)28-10-17(23)18-12(2)21(14-5-6-14)13(3)19(18)20(24)27-4/h7-9,14H,5-6,10H2,1-4H3. The molecule has 148 valence electrons. The summed E-state index contributed by atoms with van der Waals surface area (Å²) in [7, 11) is 1.29. The molecule has 0 saturated heterocycles. The molecule has 0 amide bonds. The molecule has 1 saturated carbocycles. The molecule has 1 aromatic heterocycles. The predicted octanol–water partition coefficient (Wildman–Crippen LogP) is 3.70. The van der Waals surface area contributed by atoms with Gasteiger partial charge in [0.05, 0.1) is 23.2 Å². The Morgan fingerprint density at radius 2 is 1.82 bits per heavy atom. The number of hydrogen-bond acceptors (Lipinski definition) is 6. The normalized spacial score (nSPS) is 13.3. The van der Waals surface area contributed by atoms with Gasteiger partial charge in [-0.3, -0.25) is 14.9 Å². The fourth-order valence-corrected chi connectivity index (χ4v) is 3.57. The fourth-order valence-electron chi connectivity index (χ4n) is 3.57. The molecule has 1 aliphatic carbocycles. The van der Waals surface area contributed by atoms with Crippen molar-refractivity contribution in [1.29, 1.82) is 0 Å². The highest BCUT2D eigenvalue weighted by molar-refractivity contribution is 6.09. The molecular formula is C20H22N2O6. The van der Waals surface area contributed by atoms with E-state index in [2.05, 4.69) is 0 Å². The number of carbonyl (C=O) groups is 2. The Hall–Kier alpha value is -3.16. The average Bonchev–Trinajstić information content (AvgIpc) is 3.44. The van der Waals surface area contributed by atoms with Crippen molar-refractivity contribution in [3.63, 3.8) is 0 Å². The summed E-state index contributed by atoms with van der Waals surface area (Å²) in [5.74, 6) is -0.530. The number of ether oxygens (including phenoxy) is 2. The number of aryl methyl sites for hydroxylation is 1. The van der Waals surface area contributed by atoms with E-state index in [0.29, 0.717) is 22.9 Å². The quantitative estimate of drug-likeness (QED) is 0.311. The number of Topliss-reactive ketones (excluding diaryl/α,β-unsaturated/α-hetero) is 1. The van der Waals surface area contributed by atoms with E-state index in [1.54, 1.807) is 6.92 Å². The van der Waals surface area contributed by atoms with Crippen LogP contribution in [0.3, 0.4) is 0 Å². The van der Waals surface area contributed by atoms with Crippen molar-refractivity contribution < 1.29 is 24.0 Å². The topological polar surface area (TPSA) is 101 Å². The van der Waals surface area contributed by atoms with Crippen LogP contribution in [0.15, 0.2) is 18.2 Å².